The lowest BCUT2D eigenvalue weighted by Crippen LogP contribution is -1.96. The van der Waals surface area contributed by atoms with Gasteiger partial charge >= 0.3 is 5.97 Å². The number of carboxylic acids is 1. The Labute approximate surface area is 120 Å². The molecular formula is C13H12N2O2S2. The second-order valence-corrected chi connectivity index (χ2v) is 5.11. The summed E-state index contributed by atoms with van der Waals surface area (Å²) in [6.45, 7) is 0. The monoisotopic (exact) mass is 292 g/mol. The number of nitrogens with one attached hydrogen (secondary N) is 1. The van der Waals surface area contributed by atoms with Crippen LogP contribution < -0.4 is 10.5 Å². The predicted molar refractivity (Wildman–Crippen MR) is 81.0 cm³/mol. The Bertz CT molecular complexity index is 600. The van der Waals surface area contributed by atoms with Gasteiger partial charge in [0.1, 0.15) is 0 Å². The first kappa shape index (κ1) is 13.6. The summed E-state index contributed by atoms with van der Waals surface area (Å²) in [5.74, 6) is -0.939. The quantitative estimate of drug-likeness (QED) is 0.395. The molecule has 0 unspecified atom stereocenters. The van der Waals surface area contributed by atoms with Crippen molar-refractivity contribution in [2.75, 3.05) is 10.5 Å². The van der Waals surface area contributed by atoms with Crippen LogP contribution in [0.1, 0.15) is 10.4 Å². The van der Waals surface area contributed by atoms with Crippen LogP contribution in [0, 0.1) is 0 Å². The largest absolute Gasteiger partial charge is 0.478 e. The molecule has 0 heterocycles. The molecule has 0 saturated carbocycles. The van der Waals surface area contributed by atoms with Crippen LogP contribution in [0.25, 0.3) is 0 Å². The van der Waals surface area contributed by atoms with Crippen LogP contribution in [-0.2, 0) is 0 Å². The first-order valence-corrected chi connectivity index (χ1v) is 6.68. The van der Waals surface area contributed by atoms with Gasteiger partial charge in [-0.15, -0.1) is 12.6 Å². The van der Waals surface area contributed by atoms with Crippen molar-refractivity contribution >= 4 is 41.9 Å². The van der Waals surface area contributed by atoms with E-state index in [1.807, 2.05) is 18.2 Å². The van der Waals surface area contributed by atoms with E-state index in [0.717, 1.165) is 15.5 Å². The first-order valence-electron chi connectivity index (χ1n) is 5.41. The van der Waals surface area contributed by atoms with E-state index >= 15 is 0 Å². The number of hydrogen-bond donors (Lipinski definition) is 4. The van der Waals surface area contributed by atoms with E-state index in [2.05, 4.69) is 17.4 Å². The Kier molecular flexibility index (Phi) is 4.24. The number of para-hydroxylation sites is 1. The maximum atomic E-state index is 10.7. The van der Waals surface area contributed by atoms with Crippen molar-refractivity contribution in [3.05, 3.63) is 48.0 Å². The van der Waals surface area contributed by atoms with E-state index in [0.29, 0.717) is 5.69 Å². The maximum absolute atomic E-state index is 10.7. The summed E-state index contributed by atoms with van der Waals surface area (Å²) >= 11 is 5.61. The van der Waals surface area contributed by atoms with Gasteiger partial charge in [0.05, 0.1) is 16.1 Å². The molecule has 0 saturated heterocycles. The molecule has 4 N–H and O–H groups in total. The number of thiol groups is 1. The fourth-order valence-corrected chi connectivity index (χ4v) is 2.43. The number of rotatable bonds is 4. The standard InChI is InChI=1S/C13H12N2O2S2/c14-12-10(18)2-1-3-11(12)19-15-9-6-4-8(5-7-9)13(16)17/h1-7,15,18H,14H2,(H,16,17). The van der Waals surface area contributed by atoms with Gasteiger partial charge in [-0.2, -0.15) is 0 Å². The summed E-state index contributed by atoms with van der Waals surface area (Å²) in [7, 11) is 0. The fourth-order valence-electron chi connectivity index (χ4n) is 1.42. The van der Waals surface area contributed by atoms with Crippen molar-refractivity contribution in [3.8, 4) is 0 Å². The number of nitrogen functional groups attached to an aromatic ring is 1. The van der Waals surface area contributed by atoms with E-state index in [1.54, 1.807) is 24.3 Å². The zero-order valence-corrected chi connectivity index (χ0v) is 11.5. The summed E-state index contributed by atoms with van der Waals surface area (Å²) in [5.41, 5.74) is 7.57. The van der Waals surface area contributed by atoms with E-state index < -0.39 is 5.97 Å². The lowest BCUT2D eigenvalue weighted by molar-refractivity contribution is 0.0697. The van der Waals surface area contributed by atoms with E-state index in [9.17, 15) is 4.79 Å². The molecule has 2 aromatic carbocycles. The molecule has 0 aliphatic rings. The molecule has 98 valence electrons. The number of aromatic carboxylic acids is 1. The minimum absolute atomic E-state index is 0.257. The van der Waals surface area contributed by atoms with Crippen molar-refractivity contribution in [1.82, 2.24) is 0 Å². The Morgan fingerprint density at radius 1 is 1.21 bits per heavy atom. The number of anilines is 2. The molecule has 2 aromatic rings. The normalized spacial score (nSPS) is 10.2. The zero-order chi connectivity index (χ0) is 13.8. The predicted octanol–water partition coefficient (Wildman–Crippen LogP) is 3.37. The third-order valence-electron chi connectivity index (χ3n) is 2.45. The zero-order valence-electron chi connectivity index (χ0n) is 9.83. The number of benzene rings is 2. The molecule has 0 aromatic heterocycles. The molecule has 0 amide bonds. The molecule has 0 aliphatic heterocycles. The lowest BCUT2D eigenvalue weighted by Gasteiger charge is -2.09. The van der Waals surface area contributed by atoms with Gasteiger partial charge < -0.3 is 15.6 Å². The lowest BCUT2D eigenvalue weighted by atomic mass is 10.2. The highest BCUT2D eigenvalue weighted by molar-refractivity contribution is 8.00. The molecule has 4 nitrogen and oxygen atoms in total. The van der Waals surface area contributed by atoms with E-state index in [4.69, 9.17) is 10.8 Å². The summed E-state index contributed by atoms with van der Waals surface area (Å²) in [5, 5.41) is 8.80. The maximum Gasteiger partial charge on any atom is 0.335 e. The van der Waals surface area contributed by atoms with Gasteiger partial charge in [-0.3, -0.25) is 0 Å². The number of hydrogen-bond acceptors (Lipinski definition) is 5. The molecular weight excluding hydrogens is 280 g/mol. The van der Waals surface area contributed by atoms with Gasteiger partial charge in [0.2, 0.25) is 0 Å². The molecule has 0 spiro atoms. The molecule has 0 atom stereocenters. The average molecular weight is 292 g/mol. The highest BCUT2D eigenvalue weighted by atomic mass is 32.2. The average Bonchev–Trinajstić information content (AvgIpc) is 2.41. The SMILES string of the molecule is Nc1c(S)cccc1SNc1ccc(C(=O)O)cc1. The minimum atomic E-state index is -0.939. The van der Waals surface area contributed by atoms with E-state index in [1.165, 1.54) is 11.9 Å². The van der Waals surface area contributed by atoms with Gasteiger partial charge in [0.15, 0.2) is 0 Å². The second kappa shape index (κ2) is 5.90. The van der Waals surface area contributed by atoms with Gasteiger partial charge in [0.25, 0.3) is 0 Å². The highest BCUT2D eigenvalue weighted by Gasteiger charge is 2.04. The number of carboxylic acid groups (broad SMARTS) is 1. The van der Waals surface area contributed by atoms with Crippen LogP contribution in [0.15, 0.2) is 52.3 Å². The number of carbonyl (C=O) groups is 1. The molecule has 0 aliphatic carbocycles. The van der Waals surface area contributed by atoms with Crippen molar-refractivity contribution in [1.29, 1.82) is 0 Å². The summed E-state index contributed by atoms with van der Waals surface area (Å²) in [6.07, 6.45) is 0. The van der Waals surface area contributed by atoms with Crippen LogP contribution in [0.2, 0.25) is 0 Å². The smallest absolute Gasteiger partial charge is 0.335 e. The molecule has 2 rings (SSSR count). The molecule has 0 bridgehead atoms. The van der Waals surface area contributed by atoms with Gasteiger partial charge in [0, 0.05) is 10.6 Å². The highest BCUT2D eigenvalue weighted by Crippen LogP contribution is 2.30. The molecule has 0 fully saturated rings. The van der Waals surface area contributed by atoms with Gasteiger partial charge in [-0.1, -0.05) is 6.07 Å². The van der Waals surface area contributed by atoms with Crippen LogP contribution in [0.4, 0.5) is 11.4 Å². The Morgan fingerprint density at radius 3 is 2.53 bits per heavy atom. The van der Waals surface area contributed by atoms with E-state index in [-0.39, 0.29) is 5.56 Å². The van der Waals surface area contributed by atoms with Crippen LogP contribution in [0.3, 0.4) is 0 Å². The first-order chi connectivity index (χ1) is 9.08. The summed E-state index contributed by atoms with van der Waals surface area (Å²) in [6, 6.07) is 12.1. The second-order valence-electron chi connectivity index (χ2n) is 3.78. The fraction of sp³-hybridized carbons (Fsp3) is 0. The van der Waals surface area contributed by atoms with Crippen molar-refractivity contribution in [3.63, 3.8) is 0 Å². The topological polar surface area (TPSA) is 75.3 Å². The van der Waals surface area contributed by atoms with Gasteiger partial charge in [-0.25, -0.2) is 4.79 Å². The minimum Gasteiger partial charge on any atom is -0.478 e. The Balaban J connectivity index is 2.06. The summed E-state index contributed by atoms with van der Waals surface area (Å²) in [4.78, 5) is 12.3. The third kappa shape index (κ3) is 3.36. The molecule has 0 radical (unpaired) electrons. The number of nitrogens with two attached hydrogens (primary N) is 1. The van der Waals surface area contributed by atoms with Crippen molar-refractivity contribution in [2.45, 2.75) is 9.79 Å². The molecule has 19 heavy (non-hydrogen) atoms. The van der Waals surface area contributed by atoms with Crippen molar-refractivity contribution in [2.24, 2.45) is 0 Å². The van der Waals surface area contributed by atoms with Crippen LogP contribution in [-0.4, -0.2) is 11.1 Å². The van der Waals surface area contributed by atoms with Crippen LogP contribution >= 0.6 is 24.6 Å². The van der Waals surface area contributed by atoms with Crippen molar-refractivity contribution < 1.29 is 9.90 Å². The Morgan fingerprint density at radius 2 is 1.89 bits per heavy atom. The Hall–Kier alpha value is -1.79. The summed E-state index contributed by atoms with van der Waals surface area (Å²) < 4.78 is 3.10. The third-order valence-corrected chi connectivity index (χ3v) is 3.76. The van der Waals surface area contributed by atoms with Gasteiger partial charge in [-0.05, 0) is 48.3 Å². The molecule has 6 heteroatoms. The van der Waals surface area contributed by atoms with Crippen LogP contribution in [0.5, 0.6) is 0 Å².